The fraction of sp³-hybridized carbons (Fsp3) is 0.906. The third-order valence-corrected chi connectivity index (χ3v) is 7.81. The number of phosphoric ester groups is 1. The topological polar surface area (TPSA) is 148 Å². The predicted molar refractivity (Wildman–Crippen MR) is 169 cm³/mol. The second-order valence-corrected chi connectivity index (χ2v) is 12.9. The van der Waals surface area contributed by atoms with Crippen LogP contribution in [-0.2, 0) is 32.9 Å². The van der Waals surface area contributed by atoms with E-state index in [0.29, 0.717) is 12.8 Å². The van der Waals surface area contributed by atoms with E-state index in [1.54, 1.807) is 6.92 Å². The summed E-state index contributed by atoms with van der Waals surface area (Å²) < 4.78 is 26.1. The van der Waals surface area contributed by atoms with E-state index < -0.39 is 32.5 Å². The van der Waals surface area contributed by atoms with Crippen LogP contribution in [0.25, 0.3) is 0 Å². The summed E-state index contributed by atoms with van der Waals surface area (Å²) in [4.78, 5) is 53.3. The van der Waals surface area contributed by atoms with Crippen LogP contribution >= 0.6 is 7.82 Å². The van der Waals surface area contributed by atoms with Crippen LogP contribution in [0.4, 0.5) is 0 Å². The lowest BCUT2D eigenvalue weighted by molar-refractivity contribution is -0.161. The average molecular weight is 636 g/mol. The summed E-state index contributed by atoms with van der Waals surface area (Å²) in [7, 11) is -4.75. The number of ether oxygens (including phenoxy) is 2. The molecule has 0 aromatic carbocycles. The van der Waals surface area contributed by atoms with Crippen molar-refractivity contribution in [2.45, 2.75) is 168 Å². The van der Waals surface area contributed by atoms with Gasteiger partial charge in [0.1, 0.15) is 6.61 Å². The highest BCUT2D eigenvalue weighted by Crippen LogP contribution is 2.36. The number of amides is 1. The maximum Gasteiger partial charge on any atom is 0.469 e. The highest BCUT2D eigenvalue weighted by atomic mass is 31.2. The molecule has 0 aromatic rings. The van der Waals surface area contributed by atoms with E-state index in [9.17, 15) is 18.9 Å². The fourth-order valence-corrected chi connectivity index (χ4v) is 5.17. The summed E-state index contributed by atoms with van der Waals surface area (Å²) in [6, 6.07) is 0. The zero-order valence-corrected chi connectivity index (χ0v) is 28.1. The minimum atomic E-state index is -4.75. The molecule has 0 saturated carbocycles. The lowest BCUT2D eigenvalue weighted by atomic mass is 10.1. The molecule has 0 saturated heterocycles. The highest BCUT2D eigenvalue weighted by molar-refractivity contribution is 7.46. The minimum absolute atomic E-state index is 0.0317. The number of esters is 2. The molecule has 254 valence electrons. The third kappa shape index (κ3) is 33.3. The maximum atomic E-state index is 12.3. The molecule has 11 heteroatoms. The van der Waals surface area contributed by atoms with Gasteiger partial charge < -0.3 is 24.6 Å². The average Bonchev–Trinajstić information content (AvgIpc) is 2.95. The van der Waals surface area contributed by atoms with Crippen molar-refractivity contribution in [3.63, 3.8) is 0 Å². The van der Waals surface area contributed by atoms with E-state index >= 15 is 0 Å². The first-order chi connectivity index (χ1) is 20.6. The molecule has 0 rings (SSSR count). The van der Waals surface area contributed by atoms with Crippen molar-refractivity contribution >= 4 is 25.7 Å². The van der Waals surface area contributed by atoms with Crippen LogP contribution in [0.3, 0.4) is 0 Å². The van der Waals surface area contributed by atoms with Crippen molar-refractivity contribution in [3.8, 4) is 0 Å². The molecule has 0 radical (unpaired) electrons. The van der Waals surface area contributed by atoms with Gasteiger partial charge in [0.25, 0.3) is 0 Å². The van der Waals surface area contributed by atoms with Crippen LogP contribution in [0, 0.1) is 0 Å². The number of unbranched alkanes of at least 4 members (excludes halogenated alkanes) is 19. The first-order valence-electron chi connectivity index (χ1n) is 16.9. The number of phosphoric acid groups is 1. The Morgan fingerprint density at radius 1 is 0.628 bits per heavy atom. The molecule has 0 spiro atoms. The summed E-state index contributed by atoms with van der Waals surface area (Å²) in [6.07, 6.45) is 22.9. The number of hydrogen-bond donors (Lipinski definition) is 3. The van der Waals surface area contributed by atoms with Crippen LogP contribution in [0.5, 0.6) is 0 Å². The van der Waals surface area contributed by atoms with Crippen molar-refractivity contribution in [3.05, 3.63) is 0 Å². The summed E-state index contributed by atoms with van der Waals surface area (Å²) in [5.74, 6) is -0.883. The van der Waals surface area contributed by atoms with Crippen molar-refractivity contribution in [1.82, 2.24) is 5.32 Å². The molecule has 0 unspecified atom stereocenters. The van der Waals surface area contributed by atoms with Gasteiger partial charge in [0.2, 0.25) is 5.91 Å². The van der Waals surface area contributed by atoms with Crippen LogP contribution in [0.1, 0.15) is 162 Å². The van der Waals surface area contributed by atoms with Crippen molar-refractivity contribution in [2.24, 2.45) is 0 Å². The zero-order valence-electron chi connectivity index (χ0n) is 27.2. The molecule has 1 amide bonds. The van der Waals surface area contributed by atoms with Gasteiger partial charge in [-0.3, -0.25) is 18.9 Å². The van der Waals surface area contributed by atoms with Crippen LogP contribution in [0.2, 0.25) is 0 Å². The van der Waals surface area contributed by atoms with E-state index in [4.69, 9.17) is 19.3 Å². The van der Waals surface area contributed by atoms with E-state index in [0.717, 1.165) is 57.9 Å². The van der Waals surface area contributed by atoms with E-state index in [2.05, 4.69) is 16.8 Å². The normalized spacial score (nSPS) is 12.2. The van der Waals surface area contributed by atoms with Crippen molar-refractivity contribution in [1.29, 1.82) is 0 Å². The van der Waals surface area contributed by atoms with Gasteiger partial charge in [0, 0.05) is 26.3 Å². The Morgan fingerprint density at radius 2 is 1.05 bits per heavy atom. The molecule has 0 aliphatic carbocycles. The summed E-state index contributed by atoms with van der Waals surface area (Å²) >= 11 is 0. The standard InChI is InChI=1S/C32H62NO9P/c1-3-4-5-6-7-8-12-16-19-22-25-32(36)42-30(28-41-43(37,38)39)27-40-31(35)24-21-18-15-13-10-9-11-14-17-20-23-26-33-29(2)34/h30H,3-28H2,1-2H3,(H,33,34)(H2,37,38,39)/t30-/m0/s1. The molecule has 0 aliphatic heterocycles. The van der Waals surface area contributed by atoms with E-state index in [-0.39, 0.29) is 25.4 Å². The third-order valence-electron chi connectivity index (χ3n) is 7.32. The number of hydrogen-bond acceptors (Lipinski definition) is 7. The second kappa shape index (κ2) is 29.2. The second-order valence-electron chi connectivity index (χ2n) is 11.6. The number of carbonyl (C=O) groups excluding carboxylic acids is 3. The monoisotopic (exact) mass is 635 g/mol. The number of nitrogens with one attached hydrogen (secondary N) is 1. The van der Waals surface area contributed by atoms with Gasteiger partial charge in [0.15, 0.2) is 6.10 Å². The maximum absolute atomic E-state index is 12.3. The van der Waals surface area contributed by atoms with Gasteiger partial charge >= 0.3 is 19.8 Å². The Labute approximate surface area is 261 Å². The van der Waals surface area contributed by atoms with E-state index in [1.807, 2.05) is 0 Å². The van der Waals surface area contributed by atoms with Gasteiger partial charge in [-0.2, -0.15) is 0 Å². The Balaban J connectivity index is 3.94. The zero-order chi connectivity index (χ0) is 32.0. The van der Waals surface area contributed by atoms with Crippen molar-refractivity contribution in [2.75, 3.05) is 19.8 Å². The van der Waals surface area contributed by atoms with Crippen LogP contribution < -0.4 is 5.32 Å². The van der Waals surface area contributed by atoms with E-state index in [1.165, 1.54) is 70.6 Å². The van der Waals surface area contributed by atoms with Gasteiger partial charge in [-0.25, -0.2) is 4.57 Å². The van der Waals surface area contributed by atoms with Crippen LogP contribution in [0.15, 0.2) is 0 Å². The fourth-order valence-electron chi connectivity index (χ4n) is 4.81. The molecule has 0 aliphatic rings. The summed E-state index contributed by atoms with van der Waals surface area (Å²) in [5.41, 5.74) is 0. The molecular weight excluding hydrogens is 573 g/mol. The Kier molecular flexibility index (Phi) is 28.2. The Morgan fingerprint density at radius 3 is 1.49 bits per heavy atom. The SMILES string of the molecule is CCCCCCCCCCCCC(=O)O[C@@H](COC(=O)CCCCCCCCCCCCCNC(C)=O)COP(=O)(O)O. The Hall–Kier alpha value is -1.48. The lowest BCUT2D eigenvalue weighted by Gasteiger charge is -2.18. The van der Waals surface area contributed by atoms with Crippen LogP contribution in [-0.4, -0.2) is 53.5 Å². The lowest BCUT2D eigenvalue weighted by Crippen LogP contribution is -2.29. The molecule has 3 N–H and O–H groups in total. The smallest absolute Gasteiger partial charge is 0.462 e. The number of rotatable bonds is 31. The minimum Gasteiger partial charge on any atom is -0.462 e. The van der Waals surface area contributed by atoms with Gasteiger partial charge in [-0.05, 0) is 19.3 Å². The summed E-state index contributed by atoms with van der Waals surface area (Å²) in [6.45, 7) is 3.68. The molecule has 0 aromatic heterocycles. The quantitative estimate of drug-likeness (QED) is 0.0396. The van der Waals surface area contributed by atoms with Crippen molar-refractivity contribution < 1.29 is 42.7 Å². The predicted octanol–water partition coefficient (Wildman–Crippen LogP) is 7.68. The molecule has 0 fully saturated rings. The highest BCUT2D eigenvalue weighted by Gasteiger charge is 2.22. The Bertz CT molecular complexity index is 744. The first kappa shape index (κ1) is 41.5. The molecule has 0 bridgehead atoms. The molecule has 0 heterocycles. The van der Waals surface area contributed by atoms with Gasteiger partial charge in [-0.1, -0.05) is 122 Å². The van der Waals surface area contributed by atoms with Gasteiger partial charge in [0.05, 0.1) is 6.61 Å². The molecule has 10 nitrogen and oxygen atoms in total. The van der Waals surface area contributed by atoms with Gasteiger partial charge in [-0.15, -0.1) is 0 Å². The first-order valence-corrected chi connectivity index (χ1v) is 18.5. The molecule has 43 heavy (non-hydrogen) atoms. The summed E-state index contributed by atoms with van der Waals surface area (Å²) in [5, 5.41) is 2.82. The molecule has 1 atom stereocenters. The number of carbonyl (C=O) groups is 3. The largest absolute Gasteiger partial charge is 0.469 e. The molecular formula is C32H62NO9P.